The molecule has 0 aliphatic carbocycles. The molecule has 0 bridgehead atoms. The Bertz CT molecular complexity index is 3630. The molecule has 10 aromatic carbocycles. The second-order valence-electron chi connectivity index (χ2n) is 14.8. The van der Waals surface area contributed by atoms with Gasteiger partial charge in [-0.25, -0.2) is 0 Å². The van der Waals surface area contributed by atoms with E-state index in [1.54, 1.807) is 0 Å². The van der Waals surface area contributed by atoms with Crippen LogP contribution in [0.5, 0.6) is 0 Å². The molecule has 57 heavy (non-hydrogen) atoms. The topological polar surface area (TPSA) is 23.0 Å². The Kier molecular flexibility index (Phi) is 6.93. The summed E-state index contributed by atoms with van der Waals surface area (Å²) in [5.41, 5.74) is 10.8. The van der Waals surface area contributed by atoms with Crippen molar-refractivity contribution in [3.05, 3.63) is 206 Å². The van der Waals surface area contributed by atoms with Crippen molar-refractivity contribution in [1.82, 2.24) is 9.13 Å². The fourth-order valence-corrected chi connectivity index (χ4v) is 9.24. The minimum atomic E-state index is 0.904. The van der Waals surface area contributed by atoms with E-state index in [0.717, 1.165) is 66.5 Å². The first-order valence-corrected chi connectivity index (χ1v) is 19.5. The maximum Gasteiger partial charge on any atom is 0.143 e. The Morgan fingerprint density at radius 2 is 0.719 bits per heavy atom. The fourth-order valence-electron chi connectivity index (χ4n) is 9.24. The van der Waals surface area contributed by atoms with Crippen LogP contribution in [-0.4, -0.2) is 9.13 Å². The van der Waals surface area contributed by atoms with Gasteiger partial charge in [-0.2, -0.15) is 0 Å². The molecular weight excluding hydrogens is 693 g/mol. The van der Waals surface area contributed by atoms with Gasteiger partial charge in [0.2, 0.25) is 0 Å². The van der Waals surface area contributed by atoms with Crippen molar-refractivity contribution in [3.63, 3.8) is 0 Å². The first-order chi connectivity index (χ1) is 28.3. The van der Waals surface area contributed by atoms with E-state index in [0.29, 0.717) is 0 Å². The van der Waals surface area contributed by atoms with Crippen LogP contribution < -0.4 is 0 Å². The lowest BCUT2D eigenvalue weighted by Crippen LogP contribution is -2.08. The van der Waals surface area contributed by atoms with Crippen LogP contribution in [0.1, 0.15) is 0 Å². The Morgan fingerprint density at radius 1 is 0.281 bits per heavy atom. The zero-order valence-electron chi connectivity index (χ0n) is 30.9. The average molecular weight is 727 g/mol. The number of nitrogens with zero attached hydrogens (tertiary/aromatic N) is 2. The maximum absolute atomic E-state index is 6.58. The van der Waals surface area contributed by atoms with E-state index in [4.69, 9.17) is 4.42 Å². The quantitative estimate of drug-likeness (QED) is 0.166. The number of aromatic nitrogens is 2. The lowest BCUT2D eigenvalue weighted by atomic mass is 9.92. The molecule has 2 aromatic heterocycles. The zero-order chi connectivity index (χ0) is 37.5. The molecular formula is C54H34N2O. The highest BCUT2D eigenvalue weighted by atomic mass is 16.3. The molecule has 12 aromatic rings. The summed E-state index contributed by atoms with van der Waals surface area (Å²) in [5, 5.41) is 11.9. The molecule has 0 radical (unpaired) electrons. The standard InChI is InChI=1S/C54H34N2O/c1-3-16-36(17-4-1)55-49-27-12-13-28-50(49)56(37-18-5-2-6-19-37)52-34-48-43-31-30-35(38-25-15-26-45-44-24-11-14-29-53(44)57-54(38)45)32-46(43)41-22-9-7-20-39(41)40-21-8-10-23-42(40)47(48)33-51(52)55/h1-34H. The molecule has 0 N–H and O–H groups in total. The van der Waals surface area contributed by atoms with Crippen LogP contribution in [0.25, 0.3) is 110 Å². The van der Waals surface area contributed by atoms with E-state index in [-0.39, 0.29) is 0 Å². The number of hydrogen-bond donors (Lipinski definition) is 0. The molecule has 12 rings (SSSR count). The van der Waals surface area contributed by atoms with Crippen molar-refractivity contribution in [2.45, 2.75) is 0 Å². The molecule has 0 unspecified atom stereocenters. The molecule has 266 valence electrons. The first kappa shape index (κ1) is 31.7. The summed E-state index contributed by atoms with van der Waals surface area (Å²) in [6.45, 7) is 0. The van der Waals surface area contributed by atoms with Gasteiger partial charge in [0.1, 0.15) is 11.2 Å². The summed E-state index contributed by atoms with van der Waals surface area (Å²) in [4.78, 5) is 0. The molecule has 0 saturated heterocycles. The largest absolute Gasteiger partial charge is 0.455 e. The maximum atomic E-state index is 6.58. The fraction of sp³-hybridized carbons (Fsp3) is 0. The number of rotatable bonds is 3. The average Bonchev–Trinajstić information content (AvgIpc) is 3.67. The van der Waals surface area contributed by atoms with E-state index in [1.165, 1.54) is 43.1 Å². The monoisotopic (exact) mass is 726 g/mol. The molecule has 3 heteroatoms. The molecule has 3 nitrogen and oxygen atoms in total. The van der Waals surface area contributed by atoms with Gasteiger partial charge < -0.3 is 13.6 Å². The van der Waals surface area contributed by atoms with Gasteiger partial charge in [-0.05, 0) is 109 Å². The van der Waals surface area contributed by atoms with E-state index in [1.807, 2.05) is 6.07 Å². The van der Waals surface area contributed by atoms with Gasteiger partial charge >= 0.3 is 0 Å². The third-order valence-electron chi connectivity index (χ3n) is 11.7. The normalized spacial score (nSPS) is 11.9. The van der Waals surface area contributed by atoms with Crippen molar-refractivity contribution in [1.29, 1.82) is 0 Å². The van der Waals surface area contributed by atoms with Crippen LogP contribution in [0.3, 0.4) is 0 Å². The summed E-state index contributed by atoms with van der Waals surface area (Å²) >= 11 is 0. The third kappa shape index (κ3) is 4.79. The van der Waals surface area contributed by atoms with Crippen LogP contribution in [0, 0.1) is 0 Å². The summed E-state index contributed by atoms with van der Waals surface area (Å²) in [5.74, 6) is 0. The van der Waals surface area contributed by atoms with Crippen molar-refractivity contribution in [2.24, 2.45) is 0 Å². The van der Waals surface area contributed by atoms with Crippen molar-refractivity contribution in [3.8, 4) is 22.5 Å². The Balaban J connectivity index is 1.30. The molecule has 0 fully saturated rings. The van der Waals surface area contributed by atoms with Crippen LogP contribution in [0.15, 0.2) is 211 Å². The number of fused-ring (bicyclic) bond motifs is 13. The molecule has 0 saturated carbocycles. The first-order valence-electron chi connectivity index (χ1n) is 19.5. The van der Waals surface area contributed by atoms with E-state index in [2.05, 4.69) is 209 Å². The SMILES string of the molecule is c1ccc(-n2c3ccccc3n(-c3ccccc3)c3cc4c5ccc(-c6cccc7c6oc6ccccc67)cc5c5ccccc5c5ccccc5c4cc32)cc1. The van der Waals surface area contributed by atoms with E-state index in [9.17, 15) is 0 Å². The minimum absolute atomic E-state index is 0.904. The Morgan fingerprint density at radius 3 is 1.30 bits per heavy atom. The van der Waals surface area contributed by atoms with Gasteiger partial charge in [-0.1, -0.05) is 146 Å². The number of hydrogen-bond acceptors (Lipinski definition) is 1. The lowest BCUT2D eigenvalue weighted by Gasteiger charge is -2.23. The predicted octanol–water partition coefficient (Wildman–Crippen LogP) is 14.9. The summed E-state index contributed by atoms with van der Waals surface area (Å²) in [6, 6.07) is 74.8. The predicted molar refractivity (Wildman–Crippen MR) is 240 cm³/mol. The van der Waals surface area contributed by atoms with Crippen LogP contribution in [0.4, 0.5) is 0 Å². The Labute approximate surface area is 328 Å². The number of furan rings is 1. The molecule has 2 heterocycles. The van der Waals surface area contributed by atoms with Gasteiger partial charge in [0, 0.05) is 27.7 Å². The van der Waals surface area contributed by atoms with Crippen LogP contribution in [0.2, 0.25) is 0 Å². The smallest absolute Gasteiger partial charge is 0.143 e. The summed E-state index contributed by atoms with van der Waals surface area (Å²) in [7, 11) is 0. The molecule has 0 spiro atoms. The summed E-state index contributed by atoms with van der Waals surface area (Å²) in [6.07, 6.45) is 0. The van der Waals surface area contributed by atoms with E-state index >= 15 is 0 Å². The van der Waals surface area contributed by atoms with Crippen molar-refractivity contribution in [2.75, 3.05) is 0 Å². The second-order valence-corrected chi connectivity index (χ2v) is 14.8. The highest BCUT2D eigenvalue weighted by Gasteiger charge is 2.18. The third-order valence-corrected chi connectivity index (χ3v) is 11.7. The van der Waals surface area contributed by atoms with Gasteiger partial charge in [0.05, 0.1) is 22.1 Å². The minimum Gasteiger partial charge on any atom is -0.455 e. The second kappa shape index (κ2) is 12.5. The number of para-hydroxylation sites is 6. The zero-order valence-corrected chi connectivity index (χ0v) is 30.9. The summed E-state index contributed by atoms with van der Waals surface area (Å²) < 4.78 is 11.4. The molecule has 0 aliphatic heterocycles. The molecule has 0 amide bonds. The number of benzene rings is 9. The van der Waals surface area contributed by atoms with Gasteiger partial charge in [-0.15, -0.1) is 0 Å². The highest BCUT2D eigenvalue weighted by molar-refractivity contribution is 6.27. The Hall–Kier alpha value is -7.62. The van der Waals surface area contributed by atoms with E-state index < -0.39 is 0 Å². The van der Waals surface area contributed by atoms with Gasteiger partial charge in [0.25, 0.3) is 0 Å². The van der Waals surface area contributed by atoms with Gasteiger partial charge in [0.15, 0.2) is 0 Å². The molecule has 0 aliphatic rings. The lowest BCUT2D eigenvalue weighted by molar-refractivity contribution is 0.670. The van der Waals surface area contributed by atoms with Gasteiger partial charge in [-0.3, -0.25) is 0 Å². The van der Waals surface area contributed by atoms with Crippen molar-refractivity contribution < 1.29 is 4.42 Å². The molecule has 0 atom stereocenters. The van der Waals surface area contributed by atoms with Crippen LogP contribution >= 0.6 is 0 Å². The highest BCUT2D eigenvalue weighted by Crippen LogP contribution is 2.42. The van der Waals surface area contributed by atoms with Crippen LogP contribution in [-0.2, 0) is 0 Å². The van der Waals surface area contributed by atoms with Crippen molar-refractivity contribution >= 4 is 87.1 Å².